The molecule has 1 aromatic carbocycles. The van der Waals surface area contributed by atoms with Crippen LogP contribution in [0, 0.1) is 0 Å². The fourth-order valence-electron chi connectivity index (χ4n) is 2.55. The van der Waals surface area contributed by atoms with E-state index in [0.29, 0.717) is 6.04 Å². The number of fused-ring (bicyclic) bond motifs is 1. The molecule has 1 saturated heterocycles. The minimum absolute atomic E-state index is 0. The van der Waals surface area contributed by atoms with Crippen molar-refractivity contribution in [1.82, 2.24) is 10.2 Å². The summed E-state index contributed by atoms with van der Waals surface area (Å²) in [5, 5.41) is 3.34. The van der Waals surface area contributed by atoms with Gasteiger partial charge in [-0.3, -0.25) is 4.90 Å². The Morgan fingerprint density at radius 3 is 2.60 bits per heavy atom. The summed E-state index contributed by atoms with van der Waals surface area (Å²) < 4.78 is 0. The van der Waals surface area contributed by atoms with E-state index in [2.05, 4.69) is 41.4 Å². The van der Waals surface area contributed by atoms with Crippen molar-refractivity contribution in [3.05, 3.63) is 35.4 Å². The Morgan fingerprint density at radius 1 is 1.27 bits per heavy atom. The highest BCUT2D eigenvalue weighted by Crippen LogP contribution is 2.35. The van der Waals surface area contributed by atoms with Crippen molar-refractivity contribution in [2.24, 2.45) is 0 Å². The van der Waals surface area contributed by atoms with Gasteiger partial charge in [0.25, 0.3) is 0 Å². The van der Waals surface area contributed by atoms with Crippen molar-refractivity contribution in [3.63, 3.8) is 0 Å². The summed E-state index contributed by atoms with van der Waals surface area (Å²) in [5.74, 6) is 0. The van der Waals surface area contributed by atoms with Crippen LogP contribution < -0.4 is 5.32 Å². The zero-order valence-electron chi connectivity index (χ0n) is 8.94. The molecule has 1 N–H and O–H groups in total. The van der Waals surface area contributed by atoms with Crippen LogP contribution >= 0.6 is 12.4 Å². The van der Waals surface area contributed by atoms with Crippen molar-refractivity contribution in [1.29, 1.82) is 0 Å². The highest BCUT2D eigenvalue weighted by molar-refractivity contribution is 5.85. The van der Waals surface area contributed by atoms with Crippen LogP contribution in [0.4, 0.5) is 0 Å². The number of nitrogens with zero attached hydrogens (tertiary/aromatic N) is 1. The highest BCUT2D eigenvalue weighted by atomic mass is 35.5. The zero-order valence-corrected chi connectivity index (χ0v) is 9.76. The van der Waals surface area contributed by atoms with Gasteiger partial charge < -0.3 is 5.32 Å². The van der Waals surface area contributed by atoms with Crippen molar-refractivity contribution in [3.8, 4) is 0 Å². The second kappa shape index (κ2) is 4.12. The molecule has 2 aliphatic rings. The number of hydrogen-bond donors (Lipinski definition) is 1. The van der Waals surface area contributed by atoms with Gasteiger partial charge in [-0.2, -0.15) is 0 Å². The fraction of sp³-hybridized carbons (Fsp3) is 0.500. The summed E-state index contributed by atoms with van der Waals surface area (Å²) in [7, 11) is 0. The van der Waals surface area contributed by atoms with Gasteiger partial charge >= 0.3 is 0 Å². The summed E-state index contributed by atoms with van der Waals surface area (Å²) >= 11 is 0. The van der Waals surface area contributed by atoms with Gasteiger partial charge in [-0.15, -0.1) is 12.4 Å². The molecule has 2 heterocycles. The van der Waals surface area contributed by atoms with Crippen molar-refractivity contribution >= 4 is 12.4 Å². The Balaban J connectivity index is 0.000000853. The maximum absolute atomic E-state index is 3.34. The largest absolute Gasteiger partial charge is 0.314 e. The quantitative estimate of drug-likeness (QED) is 0.785. The molecule has 0 bridgehead atoms. The SMILES string of the molecule is CC1c2ccccc2CN1C1CNC1.Cl. The molecule has 3 heteroatoms. The summed E-state index contributed by atoms with van der Waals surface area (Å²) in [6.45, 7) is 5.80. The predicted molar refractivity (Wildman–Crippen MR) is 64.3 cm³/mol. The first-order valence-corrected chi connectivity index (χ1v) is 5.40. The second-order valence-corrected chi connectivity index (χ2v) is 4.36. The van der Waals surface area contributed by atoms with E-state index in [1.165, 1.54) is 24.2 Å². The molecule has 0 aliphatic carbocycles. The average Bonchev–Trinajstić information content (AvgIpc) is 2.43. The Hall–Kier alpha value is -0.570. The summed E-state index contributed by atoms with van der Waals surface area (Å²) in [6.07, 6.45) is 0. The fourth-order valence-corrected chi connectivity index (χ4v) is 2.55. The van der Waals surface area contributed by atoms with Crippen LogP contribution in [0.25, 0.3) is 0 Å². The Kier molecular flexibility index (Phi) is 3.01. The zero-order chi connectivity index (χ0) is 9.54. The lowest BCUT2D eigenvalue weighted by molar-refractivity contribution is 0.112. The number of benzene rings is 1. The minimum atomic E-state index is 0. The van der Waals surface area contributed by atoms with Gasteiger partial charge in [-0.25, -0.2) is 0 Å². The number of nitrogens with one attached hydrogen (secondary N) is 1. The smallest absolute Gasteiger partial charge is 0.0354 e. The molecule has 1 fully saturated rings. The highest BCUT2D eigenvalue weighted by Gasteiger charge is 2.34. The van der Waals surface area contributed by atoms with Crippen LogP contribution in [-0.4, -0.2) is 24.0 Å². The van der Waals surface area contributed by atoms with Crippen LogP contribution in [0.2, 0.25) is 0 Å². The third-order valence-electron chi connectivity index (χ3n) is 3.58. The van der Waals surface area contributed by atoms with Gasteiger partial charge in [-0.05, 0) is 18.1 Å². The molecule has 82 valence electrons. The summed E-state index contributed by atoms with van der Waals surface area (Å²) in [6, 6.07) is 10.2. The molecule has 1 unspecified atom stereocenters. The lowest BCUT2D eigenvalue weighted by Gasteiger charge is -2.38. The molecule has 0 spiro atoms. The Bertz CT molecular complexity index is 349. The van der Waals surface area contributed by atoms with E-state index in [9.17, 15) is 0 Å². The molecule has 3 rings (SSSR count). The lowest BCUT2D eigenvalue weighted by Crippen LogP contribution is -2.56. The third-order valence-corrected chi connectivity index (χ3v) is 3.58. The lowest BCUT2D eigenvalue weighted by atomic mass is 10.1. The van der Waals surface area contributed by atoms with Crippen LogP contribution in [0.5, 0.6) is 0 Å². The van der Waals surface area contributed by atoms with Gasteiger partial charge in [0.15, 0.2) is 0 Å². The van der Waals surface area contributed by atoms with Gasteiger partial charge in [-0.1, -0.05) is 24.3 Å². The van der Waals surface area contributed by atoms with E-state index < -0.39 is 0 Å². The van der Waals surface area contributed by atoms with Crippen LogP contribution in [0.15, 0.2) is 24.3 Å². The molecule has 0 saturated carbocycles. The average molecular weight is 225 g/mol. The molecule has 1 aromatic rings. The Labute approximate surface area is 97.1 Å². The first kappa shape index (κ1) is 10.9. The summed E-state index contributed by atoms with van der Waals surface area (Å²) in [5.41, 5.74) is 3.05. The van der Waals surface area contributed by atoms with Crippen molar-refractivity contribution in [2.45, 2.75) is 25.6 Å². The van der Waals surface area contributed by atoms with E-state index in [1.54, 1.807) is 0 Å². The maximum Gasteiger partial charge on any atom is 0.0354 e. The number of halogens is 1. The number of rotatable bonds is 1. The van der Waals surface area contributed by atoms with E-state index in [-0.39, 0.29) is 12.4 Å². The second-order valence-electron chi connectivity index (χ2n) is 4.36. The molecule has 2 aliphatic heterocycles. The molecule has 0 amide bonds. The molecular formula is C12H17ClN2. The van der Waals surface area contributed by atoms with Crippen LogP contribution in [0.1, 0.15) is 24.1 Å². The Morgan fingerprint density at radius 2 is 2.00 bits per heavy atom. The van der Waals surface area contributed by atoms with E-state index >= 15 is 0 Å². The van der Waals surface area contributed by atoms with E-state index in [0.717, 1.165) is 12.6 Å². The monoisotopic (exact) mass is 224 g/mol. The van der Waals surface area contributed by atoms with Gasteiger partial charge in [0, 0.05) is 31.7 Å². The molecule has 0 aromatic heterocycles. The minimum Gasteiger partial charge on any atom is -0.314 e. The number of hydrogen-bond acceptors (Lipinski definition) is 2. The van der Waals surface area contributed by atoms with Crippen LogP contribution in [-0.2, 0) is 6.54 Å². The van der Waals surface area contributed by atoms with E-state index in [1.807, 2.05) is 0 Å². The van der Waals surface area contributed by atoms with E-state index in [4.69, 9.17) is 0 Å². The van der Waals surface area contributed by atoms with Gasteiger partial charge in [0.05, 0.1) is 0 Å². The van der Waals surface area contributed by atoms with Crippen LogP contribution in [0.3, 0.4) is 0 Å². The molecule has 2 nitrogen and oxygen atoms in total. The van der Waals surface area contributed by atoms with Gasteiger partial charge in [0.2, 0.25) is 0 Å². The molecular weight excluding hydrogens is 208 g/mol. The third kappa shape index (κ3) is 1.67. The van der Waals surface area contributed by atoms with Crippen molar-refractivity contribution in [2.75, 3.05) is 13.1 Å². The van der Waals surface area contributed by atoms with Gasteiger partial charge in [0.1, 0.15) is 0 Å². The predicted octanol–water partition coefficient (Wildman–Crippen LogP) is 1.96. The maximum atomic E-state index is 3.34. The first-order valence-electron chi connectivity index (χ1n) is 5.40. The standard InChI is InChI=1S/C12H16N2.ClH/c1-9-12-5-3-2-4-10(12)8-14(9)11-6-13-7-11;/h2-5,9,11,13H,6-8H2,1H3;1H. The molecule has 1 atom stereocenters. The first-order chi connectivity index (χ1) is 6.86. The summed E-state index contributed by atoms with van der Waals surface area (Å²) in [4.78, 5) is 2.61. The normalized spacial score (nSPS) is 25.5. The molecule has 15 heavy (non-hydrogen) atoms. The molecule has 0 radical (unpaired) electrons. The topological polar surface area (TPSA) is 15.3 Å². The van der Waals surface area contributed by atoms with Crippen molar-refractivity contribution < 1.29 is 0 Å².